The number of thioether (sulfide) groups is 1. The fourth-order valence-corrected chi connectivity index (χ4v) is 15.7. The molecule has 3 saturated carbocycles. The number of ether oxygens (including phenoxy) is 1. The number of nitrogens with zero attached hydrogens (tertiary/aromatic N) is 2. The first-order valence-electron chi connectivity index (χ1n) is 28.0. The predicted molar refractivity (Wildman–Crippen MR) is 292 cm³/mol. The van der Waals surface area contributed by atoms with Crippen molar-refractivity contribution in [2.24, 2.45) is 45.7 Å². The molecule has 4 bridgehead atoms. The molecule has 0 spiro atoms. The molecule has 0 aromatic heterocycles. The van der Waals surface area contributed by atoms with Crippen molar-refractivity contribution < 1.29 is 52.7 Å². The Kier molecular flexibility index (Phi) is 18.7. The molecule has 12 unspecified atom stereocenters. The SMILES string of the molecule is C=CC1(C)CC(OC(=O)CSC2CC3CCC(C2)[N+]3(C)Cc2ccc(NC(=O)C(CCCNC(N)=O)NC(=O)C(NC(=O)CCCCCN3C(=O)C=CC3=O)C(C)C)cc2)C2(C)C(C)CCC3(CCC(=O)C32)C(C)C1O. The van der Waals surface area contributed by atoms with Crippen molar-refractivity contribution in [2.45, 2.75) is 186 Å². The highest BCUT2D eigenvalue weighted by molar-refractivity contribution is 8.00. The number of urea groups is 1. The number of imide groups is 1. The molecule has 3 heterocycles. The lowest BCUT2D eigenvalue weighted by Gasteiger charge is -2.61. The molecule has 5 fully saturated rings. The maximum absolute atomic E-state index is 14.0. The number of anilines is 1. The molecule has 7 N–H and O–H groups in total. The van der Waals surface area contributed by atoms with Crippen LogP contribution in [0.3, 0.4) is 0 Å². The van der Waals surface area contributed by atoms with Crippen LogP contribution in [0.5, 0.6) is 0 Å². The van der Waals surface area contributed by atoms with Gasteiger partial charge in [0.05, 0.1) is 31.0 Å². The first kappa shape index (κ1) is 58.6. The second kappa shape index (κ2) is 24.3. The summed E-state index contributed by atoms with van der Waals surface area (Å²) in [6.45, 7) is 17.6. The number of esters is 1. The second-order valence-electron chi connectivity index (χ2n) is 24.3. The van der Waals surface area contributed by atoms with E-state index < -0.39 is 53.0 Å². The lowest BCUT2D eigenvalue weighted by atomic mass is 9.44. The number of Topliss-reactive ketones (excluding diaryl/α,β-unsaturated/α-hetero) is 1. The second-order valence-corrected chi connectivity index (χ2v) is 25.6. The number of hydrogen-bond acceptors (Lipinski definition) is 11. The van der Waals surface area contributed by atoms with E-state index >= 15 is 0 Å². The Hall–Kier alpha value is -5.07. The first-order valence-corrected chi connectivity index (χ1v) is 29.1. The Labute approximate surface area is 454 Å². The molecule has 1 aromatic carbocycles. The number of aliphatic hydroxyl groups is 1. The Morgan fingerprint density at radius 1 is 0.934 bits per heavy atom. The Morgan fingerprint density at radius 3 is 2.24 bits per heavy atom. The van der Waals surface area contributed by atoms with E-state index in [1.165, 1.54) is 12.2 Å². The van der Waals surface area contributed by atoms with Crippen LogP contribution in [0.1, 0.15) is 143 Å². The highest BCUT2D eigenvalue weighted by Crippen LogP contribution is 2.68. The van der Waals surface area contributed by atoms with Crippen LogP contribution >= 0.6 is 11.8 Å². The van der Waals surface area contributed by atoms with Crippen LogP contribution in [0.15, 0.2) is 49.1 Å². The number of benzene rings is 1. The third-order valence-corrected chi connectivity index (χ3v) is 20.6. The first-order chi connectivity index (χ1) is 35.9. The van der Waals surface area contributed by atoms with Crippen molar-refractivity contribution in [3.05, 3.63) is 54.6 Å². The fraction of sp³-hybridized carbons (Fsp3) is 0.690. The van der Waals surface area contributed by atoms with E-state index in [0.29, 0.717) is 61.5 Å². The molecule has 12 atom stereocenters. The van der Waals surface area contributed by atoms with Crippen molar-refractivity contribution in [3.63, 3.8) is 0 Å². The number of hydrogen-bond donors (Lipinski definition) is 6. The van der Waals surface area contributed by atoms with Crippen molar-refractivity contribution >= 4 is 64.8 Å². The van der Waals surface area contributed by atoms with Gasteiger partial charge in [0.15, 0.2) is 0 Å². The highest BCUT2D eigenvalue weighted by atomic mass is 32.2. The largest absolute Gasteiger partial charge is 0.461 e. The van der Waals surface area contributed by atoms with Gasteiger partial charge < -0.3 is 41.3 Å². The zero-order valence-corrected chi connectivity index (χ0v) is 46.9. The van der Waals surface area contributed by atoms with Crippen molar-refractivity contribution in [1.82, 2.24) is 20.9 Å². The summed E-state index contributed by atoms with van der Waals surface area (Å²) in [7, 11) is 2.33. The number of primary amides is 1. The number of ketones is 1. The van der Waals surface area contributed by atoms with Crippen LogP contribution < -0.4 is 27.0 Å². The summed E-state index contributed by atoms with van der Waals surface area (Å²) < 4.78 is 7.48. The number of amides is 7. The number of nitrogens with two attached hydrogens (primary N) is 1. The number of carbonyl (C=O) groups is 8. The molecule has 18 heteroatoms. The number of rotatable bonds is 23. The summed E-state index contributed by atoms with van der Waals surface area (Å²) in [5.74, 6) is -2.23. The van der Waals surface area contributed by atoms with Crippen LogP contribution in [-0.2, 0) is 44.8 Å². The molecule has 76 heavy (non-hydrogen) atoms. The van der Waals surface area contributed by atoms with E-state index in [1.807, 2.05) is 37.3 Å². The van der Waals surface area contributed by atoms with Gasteiger partial charge in [0, 0.05) is 97.0 Å². The third-order valence-electron chi connectivity index (χ3n) is 19.4. The minimum absolute atomic E-state index is 0.0840. The molecule has 6 aliphatic rings. The minimum Gasteiger partial charge on any atom is -0.461 e. The Bertz CT molecular complexity index is 2370. The number of quaternary nitrogens is 1. The van der Waals surface area contributed by atoms with Gasteiger partial charge in [-0.15, -0.1) is 18.3 Å². The summed E-state index contributed by atoms with van der Waals surface area (Å²) in [5.41, 5.74) is 5.40. The lowest BCUT2D eigenvalue weighted by molar-refractivity contribution is -0.960. The molecule has 7 amide bonds. The molecule has 418 valence electrons. The monoisotopic (exact) mass is 1070 g/mol. The van der Waals surface area contributed by atoms with Gasteiger partial charge >= 0.3 is 12.0 Å². The van der Waals surface area contributed by atoms with E-state index in [2.05, 4.69) is 55.7 Å². The normalized spacial score (nSPS) is 33.4. The van der Waals surface area contributed by atoms with Crippen molar-refractivity contribution in [2.75, 3.05) is 31.2 Å². The summed E-state index contributed by atoms with van der Waals surface area (Å²) in [4.78, 5) is 105. The van der Waals surface area contributed by atoms with E-state index in [-0.39, 0.29) is 90.2 Å². The van der Waals surface area contributed by atoms with Crippen LogP contribution in [0.4, 0.5) is 10.5 Å². The summed E-state index contributed by atoms with van der Waals surface area (Å²) in [6, 6.07) is 5.99. The van der Waals surface area contributed by atoms with Crippen molar-refractivity contribution in [1.29, 1.82) is 0 Å². The number of aliphatic hydroxyl groups excluding tert-OH is 1. The van der Waals surface area contributed by atoms with Crippen LogP contribution in [0.2, 0.25) is 0 Å². The predicted octanol–water partition coefficient (Wildman–Crippen LogP) is 6.46. The molecule has 2 saturated heterocycles. The average Bonchev–Trinajstić information content (AvgIpc) is 3.93. The summed E-state index contributed by atoms with van der Waals surface area (Å²) >= 11 is 1.69. The topological polar surface area (TPSA) is 243 Å². The standard InChI is InChI=1S/C58H85N7O10S/c1-9-56(6)32-45(57(7)36(4)24-26-58(37(5)52(56)71)27-25-44(66)51(57)58)75-49(70)34-76-42-30-40-20-21-41(31-42)65(40,8)33-38-16-18-39(19-17-38)61-53(72)43(14-13-28-60-55(59)74)62-54(73)50(35(2)3)63-46(67)15-11-10-12-29-64-47(68)22-23-48(64)69/h9,16-19,22-23,35-37,40-43,45,50-52,71H,1,10-15,20-21,24-34H2,2-8H3,(H5-,59,60,61,62,63,67,72,73,74)/p+1. The minimum atomic E-state index is -0.990. The molecule has 3 aliphatic carbocycles. The highest BCUT2D eigenvalue weighted by Gasteiger charge is 2.68. The molecule has 1 aromatic rings. The molecule has 17 nitrogen and oxygen atoms in total. The molecular formula is C58H86N7O10S+. The number of nitrogens with one attached hydrogen (secondary N) is 4. The van der Waals surface area contributed by atoms with E-state index in [1.54, 1.807) is 25.6 Å². The Morgan fingerprint density at radius 2 is 1.61 bits per heavy atom. The number of fused-ring (bicyclic) bond motifs is 2. The summed E-state index contributed by atoms with van der Waals surface area (Å²) in [5, 5.41) is 23.4. The maximum atomic E-state index is 14.0. The van der Waals surface area contributed by atoms with Crippen LogP contribution in [-0.4, -0.2) is 129 Å². The van der Waals surface area contributed by atoms with Gasteiger partial charge in [-0.05, 0) is 86.7 Å². The maximum Gasteiger partial charge on any atom is 0.316 e. The van der Waals surface area contributed by atoms with E-state index in [0.717, 1.165) is 66.4 Å². The van der Waals surface area contributed by atoms with Gasteiger partial charge in [-0.3, -0.25) is 38.5 Å². The molecular weight excluding hydrogens is 987 g/mol. The molecule has 3 aliphatic heterocycles. The van der Waals surface area contributed by atoms with Gasteiger partial charge in [-0.2, -0.15) is 0 Å². The number of unbranched alkanes of at least 4 members (excludes halogenated alkanes) is 2. The smallest absolute Gasteiger partial charge is 0.316 e. The van der Waals surface area contributed by atoms with E-state index in [4.69, 9.17) is 10.5 Å². The van der Waals surface area contributed by atoms with Crippen LogP contribution in [0.25, 0.3) is 0 Å². The van der Waals surface area contributed by atoms with Gasteiger partial charge in [-0.25, -0.2) is 4.79 Å². The quantitative estimate of drug-likeness (QED) is 0.0228. The zero-order valence-electron chi connectivity index (χ0n) is 46.0. The average molecular weight is 1070 g/mol. The zero-order chi connectivity index (χ0) is 55.3. The Balaban J connectivity index is 0.915. The van der Waals surface area contributed by atoms with Gasteiger partial charge in [0.25, 0.3) is 11.8 Å². The fourth-order valence-electron chi connectivity index (χ4n) is 14.5. The van der Waals surface area contributed by atoms with Gasteiger partial charge in [-0.1, -0.05) is 66.2 Å². The van der Waals surface area contributed by atoms with Crippen molar-refractivity contribution in [3.8, 4) is 0 Å². The van der Waals surface area contributed by atoms with E-state index in [9.17, 15) is 43.5 Å². The number of piperidine rings is 1. The van der Waals surface area contributed by atoms with Gasteiger partial charge in [0.2, 0.25) is 17.7 Å². The molecule has 7 rings (SSSR count). The van der Waals surface area contributed by atoms with Gasteiger partial charge in [0.1, 0.15) is 30.5 Å². The lowest BCUT2D eigenvalue weighted by Crippen LogP contribution is -2.63. The number of carbonyl (C=O) groups excluding carboxylic acids is 8. The molecule has 0 radical (unpaired) electrons. The van der Waals surface area contributed by atoms with Crippen LogP contribution in [0, 0.1) is 39.9 Å². The summed E-state index contributed by atoms with van der Waals surface area (Å²) in [6.07, 6.45) is 13.1. The third kappa shape index (κ3) is 12.4.